The maximum absolute atomic E-state index is 11.5. The summed E-state index contributed by atoms with van der Waals surface area (Å²) in [7, 11) is 0. The minimum Gasteiger partial charge on any atom is -0.491 e. The van der Waals surface area contributed by atoms with Gasteiger partial charge in [-0.2, -0.15) is 0 Å². The van der Waals surface area contributed by atoms with Crippen LogP contribution in [0.3, 0.4) is 0 Å². The predicted molar refractivity (Wildman–Crippen MR) is 87.0 cm³/mol. The molecule has 1 rings (SSSR count). The minimum atomic E-state index is -0.962. The van der Waals surface area contributed by atoms with Crippen molar-refractivity contribution in [2.75, 3.05) is 12.0 Å². The van der Waals surface area contributed by atoms with E-state index < -0.39 is 17.9 Å². The Hall–Kier alpha value is -2.48. The van der Waals surface area contributed by atoms with Gasteiger partial charge in [0.15, 0.2) is 0 Å². The van der Waals surface area contributed by atoms with Gasteiger partial charge in [0.2, 0.25) is 0 Å². The summed E-state index contributed by atoms with van der Waals surface area (Å²) in [6, 6.07) is 5.00. The van der Waals surface area contributed by atoms with E-state index in [-0.39, 0.29) is 12.6 Å². The molecule has 0 saturated heterocycles. The van der Waals surface area contributed by atoms with Crippen molar-refractivity contribution in [2.24, 2.45) is 5.92 Å². The third-order valence-corrected chi connectivity index (χ3v) is 2.91. The highest BCUT2D eigenvalue weighted by molar-refractivity contribution is 5.75. The second-order valence-electron chi connectivity index (χ2n) is 5.47. The standard InChI is InChI=1S/C15H24N4O4/c1-9(2)23-13-6-5-12(7-10(13)3)17-19-18-15(22)16-8-11(4)14(20)21/h5-7,9,11,17,19H,8H2,1-4H3,(H,20,21)(H2,16,18,22)/t11-/m0/s1. The Labute approximate surface area is 135 Å². The molecule has 1 aromatic carbocycles. The number of aliphatic carboxylic acids is 1. The molecule has 1 atom stereocenters. The van der Waals surface area contributed by atoms with Crippen LogP contribution in [0.2, 0.25) is 0 Å². The quantitative estimate of drug-likeness (QED) is 0.465. The predicted octanol–water partition coefficient (Wildman–Crippen LogP) is 1.63. The van der Waals surface area contributed by atoms with Gasteiger partial charge >= 0.3 is 12.0 Å². The molecule has 5 N–H and O–H groups in total. The molecule has 2 amide bonds. The lowest BCUT2D eigenvalue weighted by atomic mass is 10.2. The molecule has 0 aliphatic rings. The summed E-state index contributed by atoms with van der Waals surface area (Å²) in [6.45, 7) is 7.40. The van der Waals surface area contributed by atoms with Gasteiger partial charge in [0, 0.05) is 6.54 Å². The first-order valence-electron chi connectivity index (χ1n) is 7.34. The summed E-state index contributed by atoms with van der Waals surface area (Å²) in [4.78, 5) is 22.1. The van der Waals surface area contributed by atoms with Crippen molar-refractivity contribution in [1.29, 1.82) is 0 Å². The van der Waals surface area contributed by atoms with Gasteiger partial charge in [-0.25, -0.2) is 4.79 Å². The lowest BCUT2D eigenvalue weighted by Gasteiger charge is -2.15. The van der Waals surface area contributed by atoms with Crippen LogP contribution in [0.4, 0.5) is 10.5 Å². The van der Waals surface area contributed by atoms with Crippen LogP contribution in [0.25, 0.3) is 0 Å². The molecule has 0 aromatic heterocycles. The Balaban J connectivity index is 2.36. The van der Waals surface area contributed by atoms with Gasteiger partial charge in [0.1, 0.15) is 5.75 Å². The normalized spacial score (nSPS) is 11.7. The number of hydrogen-bond donors (Lipinski definition) is 5. The van der Waals surface area contributed by atoms with E-state index in [1.165, 1.54) is 6.92 Å². The lowest BCUT2D eigenvalue weighted by Crippen LogP contribution is -2.48. The number of hydrogen-bond acceptors (Lipinski definition) is 5. The maximum Gasteiger partial charge on any atom is 0.330 e. The first kappa shape index (κ1) is 18.6. The van der Waals surface area contributed by atoms with Gasteiger partial charge in [0.25, 0.3) is 0 Å². The zero-order valence-corrected chi connectivity index (χ0v) is 13.8. The smallest absolute Gasteiger partial charge is 0.330 e. The van der Waals surface area contributed by atoms with E-state index in [1.54, 1.807) is 0 Å². The number of nitrogens with one attached hydrogen (secondary N) is 4. The van der Waals surface area contributed by atoms with Crippen LogP contribution in [0.15, 0.2) is 18.2 Å². The molecule has 0 heterocycles. The van der Waals surface area contributed by atoms with E-state index in [1.807, 2.05) is 39.0 Å². The largest absolute Gasteiger partial charge is 0.491 e. The first-order valence-corrected chi connectivity index (χ1v) is 7.34. The van der Waals surface area contributed by atoms with Crippen LogP contribution in [-0.4, -0.2) is 29.8 Å². The van der Waals surface area contributed by atoms with Gasteiger partial charge in [0.05, 0.1) is 17.7 Å². The van der Waals surface area contributed by atoms with Gasteiger partial charge < -0.3 is 20.6 Å². The third kappa shape index (κ3) is 6.88. The van der Waals surface area contributed by atoms with Crippen molar-refractivity contribution in [3.05, 3.63) is 23.8 Å². The van der Waals surface area contributed by atoms with Gasteiger partial charge in [-0.3, -0.25) is 10.2 Å². The highest BCUT2D eigenvalue weighted by Crippen LogP contribution is 2.22. The third-order valence-electron chi connectivity index (χ3n) is 2.91. The fraction of sp³-hybridized carbons (Fsp3) is 0.467. The number of carboxylic acids is 1. The lowest BCUT2D eigenvalue weighted by molar-refractivity contribution is -0.140. The van der Waals surface area contributed by atoms with E-state index in [0.29, 0.717) is 0 Å². The highest BCUT2D eigenvalue weighted by Gasteiger charge is 2.11. The molecule has 0 fully saturated rings. The number of anilines is 1. The second kappa shape index (κ2) is 8.84. The van der Waals surface area contributed by atoms with Crippen LogP contribution in [0, 0.1) is 12.8 Å². The van der Waals surface area contributed by atoms with E-state index in [4.69, 9.17) is 9.84 Å². The van der Waals surface area contributed by atoms with Crippen molar-refractivity contribution in [1.82, 2.24) is 16.3 Å². The molecule has 0 bridgehead atoms. The monoisotopic (exact) mass is 324 g/mol. The molecule has 0 spiro atoms. The average Bonchev–Trinajstić information content (AvgIpc) is 2.47. The molecule has 23 heavy (non-hydrogen) atoms. The highest BCUT2D eigenvalue weighted by atomic mass is 16.5. The SMILES string of the molecule is Cc1cc(NNNC(=O)NC[C@H](C)C(=O)O)ccc1OC(C)C. The van der Waals surface area contributed by atoms with Crippen LogP contribution >= 0.6 is 0 Å². The molecule has 0 saturated carbocycles. The number of aryl methyl sites for hydroxylation is 1. The summed E-state index contributed by atoms with van der Waals surface area (Å²) in [5.41, 5.74) is 9.42. The molecular formula is C15H24N4O4. The number of benzene rings is 1. The van der Waals surface area contributed by atoms with E-state index in [0.717, 1.165) is 17.0 Å². The average molecular weight is 324 g/mol. The van der Waals surface area contributed by atoms with Crippen LogP contribution in [0.5, 0.6) is 5.75 Å². The zero-order chi connectivity index (χ0) is 17.4. The molecule has 0 aliphatic heterocycles. The number of amides is 2. The van der Waals surface area contributed by atoms with Gasteiger partial charge in [-0.15, -0.1) is 5.53 Å². The number of ether oxygens (including phenoxy) is 1. The minimum absolute atomic E-state index is 0.0448. The van der Waals surface area contributed by atoms with Crippen molar-refractivity contribution >= 4 is 17.7 Å². The fourth-order valence-electron chi connectivity index (χ4n) is 1.65. The molecule has 8 heteroatoms. The number of carbonyl (C=O) groups is 2. The summed E-state index contributed by atoms with van der Waals surface area (Å²) in [6.07, 6.45) is 0.101. The van der Waals surface area contributed by atoms with Crippen molar-refractivity contribution < 1.29 is 19.4 Å². The molecule has 128 valence electrons. The van der Waals surface area contributed by atoms with Crippen LogP contribution in [-0.2, 0) is 4.79 Å². The Morgan fingerprint density at radius 3 is 2.52 bits per heavy atom. The summed E-state index contributed by atoms with van der Waals surface area (Å²) < 4.78 is 5.64. The number of carbonyl (C=O) groups excluding carboxylic acids is 1. The number of rotatable bonds is 8. The van der Waals surface area contributed by atoms with E-state index >= 15 is 0 Å². The molecular weight excluding hydrogens is 300 g/mol. The maximum atomic E-state index is 11.5. The number of hydrazine groups is 2. The van der Waals surface area contributed by atoms with Crippen molar-refractivity contribution in [2.45, 2.75) is 33.8 Å². The van der Waals surface area contributed by atoms with Crippen molar-refractivity contribution in [3.63, 3.8) is 0 Å². The topological polar surface area (TPSA) is 112 Å². The Bertz CT molecular complexity index is 548. The zero-order valence-electron chi connectivity index (χ0n) is 13.8. The molecule has 0 radical (unpaired) electrons. The fourth-order valence-corrected chi connectivity index (χ4v) is 1.65. The summed E-state index contributed by atoms with van der Waals surface area (Å²) in [5, 5.41) is 11.2. The summed E-state index contributed by atoms with van der Waals surface area (Å²) >= 11 is 0. The number of carboxylic acid groups (broad SMARTS) is 1. The molecule has 1 aromatic rings. The Morgan fingerprint density at radius 1 is 1.26 bits per heavy atom. The Kier molecular flexibility index (Phi) is 7.14. The first-order chi connectivity index (χ1) is 10.8. The summed E-state index contributed by atoms with van der Waals surface area (Å²) in [5.74, 6) is -0.806. The molecule has 0 aliphatic carbocycles. The van der Waals surface area contributed by atoms with Gasteiger partial charge in [-0.05, 0) is 44.5 Å². The van der Waals surface area contributed by atoms with Crippen LogP contribution in [0.1, 0.15) is 26.3 Å². The molecule has 0 unspecified atom stereocenters. The van der Waals surface area contributed by atoms with E-state index in [2.05, 4.69) is 21.7 Å². The molecule has 8 nitrogen and oxygen atoms in total. The Morgan fingerprint density at radius 2 is 1.96 bits per heavy atom. The van der Waals surface area contributed by atoms with E-state index in [9.17, 15) is 9.59 Å². The second-order valence-corrected chi connectivity index (χ2v) is 5.47. The number of urea groups is 1. The van der Waals surface area contributed by atoms with Gasteiger partial charge in [-0.1, -0.05) is 6.92 Å². The van der Waals surface area contributed by atoms with Crippen LogP contribution < -0.4 is 26.4 Å². The van der Waals surface area contributed by atoms with Crippen molar-refractivity contribution in [3.8, 4) is 5.75 Å².